The summed E-state index contributed by atoms with van der Waals surface area (Å²) in [5.74, 6) is -0.894. The van der Waals surface area contributed by atoms with Crippen molar-refractivity contribution in [3.63, 3.8) is 0 Å². The molecule has 16 heavy (non-hydrogen) atoms. The van der Waals surface area contributed by atoms with Crippen molar-refractivity contribution >= 4 is 11.9 Å². The molecule has 1 saturated carbocycles. The van der Waals surface area contributed by atoms with Crippen molar-refractivity contribution in [1.82, 2.24) is 5.32 Å². The van der Waals surface area contributed by atoms with Gasteiger partial charge in [0.05, 0.1) is 18.8 Å². The molecule has 0 aromatic carbocycles. The second kappa shape index (κ2) is 6.48. The van der Waals surface area contributed by atoms with Crippen molar-refractivity contribution in [3.8, 4) is 0 Å². The minimum atomic E-state index is -0.523. The van der Waals surface area contributed by atoms with E-state index in [9.17, 15) is 14.7 Å². The summed E-state index contributed by atoms with van der Waals surface area (Å²) >= 11 is 0. The summed E-state index contributed by atoms with van der Waals surface area (Å²) in [6, 6.07) is -0.212. The van der Waals surface area contributed by atoms with E-state index in [-0.39, 0.29) is 25.0 Å². The molecule has 1 amide bonds. The van der Waals surface area contributed by atoms with Crippen LogP contribution in [-0.4, -0.2) is 35.7 Å². The number of hydrogen-bond acceptors (Lipinski definition) is 4. The zero-order valence-corrected chi connectivity index (χ0v) is 9.57. The van der Waals surface area contributed by atoms with Gasteiger partial charge >= 0.3 is 5.97 Å². The number of aliphatic hydroxyl groups is 1. The van der Waals surface area contributed by atoms with E-state index >= 15 is 0 Å². The Labute approximate surface area is 95.2 Å². The van der Waals surface area contributed by atoms with Gasteiger partial charge in [0, 0.05) is 0 Å². The van der Waals surface area contributed by atoms with Gasteiger partial charge in [-0.25, -0.2) is 0 Å². The van der Waals surface area contributed by atoms with Crippen LogP contribution in [0.2, 0.25) is 0 Å². The summed E-state index contributed by atoms with van der Waals surface area (Å²) in [6.07, 6.45) is 2.73. The molecule has 2 unspecified atom stereocenters. The summed E-state index contributed by atoms with van der Waals surface area (Å²) in [5, 5.41) is 12.3. The topological polar surface area (TPSA) is 75.6 Å². The van der Waals surface area contributed by atoms with Gasteiger partial charge in [-0.3, -0.25) is 9.59 Å². The van der Waals surface area contributed by atoms with Crippen LogP contribution in [0.25, 0.3) is 0 Å². The smallest absolute Gasteiger partial charge is 0.315 e. The highest BCUT2D eigenvalue weighted by molar-refractivity contribution is 5.94. The van der Waals surface area contributed by atoms with E-state index in [1.54, 1.807) is 6.92 Å². The van der Waals surface area contributed by atoms with Gasteiger partial charge in [0.25, 0.3) is 0 Å². The van der Waals surface area contributed by atoms with Crippen LogP contribution < -0.4 is 5.32 Å². The fourth-order valence-corrected chi connectivity index (χ4v) is 1.88. The first kappa shape index (κ1) is 13.0. The van der Waals surface area contributed by atoms with Crippen LogP contribution in [0.4, 0.5) is 0 Å². The van der Waals surface area contributed by atoms with E-state index in [4.69, 9.17) is 0 Å². The first-order valence-electron chi connectivity index (χ1n) is 5.76. The highest BCUT2D eigenvalue weighted by Gasteiger charge is 2.25. The second-order valence-corrected chi connectivity index (χ2v) is 4.01. The largest absolute Gasteiger partial charge is 0.466 e. The summed E-state index contributed by atoms with van der Waals surface area (Å²) in [6.45, 7) is 1.97. The fraction of sp³-hybridized carbons (Fsp3) is 0.818. The standard InChI is InChI=1S/C11H19NO4/c1-2-16-11(15)7-10(14)12-8-5-3-4-6-9(8)13/h8-9,13H,2-7H2,1H3,(H,12,14). The summed E-state index contributed by atoms with van der Waals surface area (Å²) in [7, 11) is 0. The molecule has 0 aliphatic heterocycles. The molecular weight excluding hydrogens is 210 g/mol. The molecule has 2 atom stereocenters. The maximum absolute atomic E-state index is 11.4. The molecule has 0 aromatic heterocycles. The van der Waals surface area contributed by atoms with Gasteiger partial charge < -0.3 is 15.2 Å². The maximum atomic E-state index is 11.4. The lowest BCUT2D eigenvalue weighted by molar-refractivity contribution is -0.146. The van der Waals surface area contributed by atoms with E-state index in [0.717, 1.165) is 19.3 Å². The molecule has 5 heteroatoms. The number of aliphatic hydroxyl groups excluding tert-OH is 1. The SMILES string of the molecule is CCOC(=O)CC(=O)NC1CCCCC1O. The predicted molar refractivity (Wildman–Crippen MR) is 57.7 cm³/mol. The van der Waals surface area contributed by atoms with Gasteiger partial charge in [0.1, 0.15) is 6.42 Å². The molecule has 0 radical (unpaired) electrons. The predicted octanol–water partition coefficient (Wildman–Crippen LogP) is 0.359. The Bertz CT molecular complexity index is 254. The molecule has 1 aliphatic carbocycles. The van der Waals surface area contributed by atoms with Crippen molar-refractivity contribution < 1.29 is 19.4 Å². The first-order valence-corrected chi connectivity index (χ1v) is 5.76. The molecule has 1 aliphatic rings. The number of carbonyl (C=O) groups excluding carboxylic acids is 2. The molecule has 0 aromatic rings. The summed E-state index contributed by atoms with van der Waals surface area (Å²) in [5.41, 5.74) is 0. The van der Waals surface area contributed by atoms with Gasteiger partial charge in [-0.05, 0) is 19.8 Å². The van der Waals surface area contributed by atoms with Crippen molar-refractivity contribution in [1.29, 1.82) is 0 Å². The highest BCUT2D eigenvalue weighted by atomic mass is 16.5. The molecule has 2 N–H and O–H groups in total. The van der Waals surface area contributed by atoms with Crippen molar-refractivity contribution in [2.24, 2.45) is 0 Å². The summed E-state index contributed by atoms with van der Waals surface area (Å²) in [4.78, 5) is 22.5. The Kier molecular flexibility index (Phi) is 5.25. The number of ether oxygens (including phenoxy) is 1. The minimum Gasteiger partial charge on any atom is -0.466 e. The van der Waals surface area contributed by atoms with E-state index in [0.29, 0.717) is 6.42 Å². The third kappa shape index (κ3) is 4.18. The van der Waals surface area contributed by atoms with Crippen LogP contribution in [0, 0.1) is 0 Å². The zero-order chi connectivity index (χ0) is 12.0. The van der Waals surface area contributed by atoms with Gasteiger partial charge in [0.2, 0.25) is 5.91 Å². The van der Waals surface area contributed by atoms with Gasteiger partial charge in [0.15, 0.2) is 0 Å². The normalized spacial score (nSPS) is 24.9. The van der Waals surface area contributed by atoms with E-state index in [1.807, 2.05) is 0 Å². The highest BCUT2D eigenvalue weighted by Crippen LogP contribution is 2.18. The average Bonchev–Trinajstić information content (AvgIpc) is 2.21. The molecule has 1 rings (SSSR count). The number of hydrogen-bond donors (Lipinski definition) is 2. The number of amides is 1. The third-order valence-electron chi connectivity index (χ3n) is 2.69. The Hall–Kier alpha value is -1.10. The molecule has 5 nitrogen and oxygen atoms in total. The molecule has 0 heterocycles. The zero-order valence-electron chi connectivity index (χ0n) is 9.57. The van der Waals surface area contributed by atoms with Gasteiger partial charge in [-0.1, -0.05) is 12.8 Å². The molecule has 0 saturated heterocycles. The van der Waals surface area contributed by atoms with E-state index in [2.05, 4.69) is 10.1 Å². The lowest BCUT2D eigenvalue weighted by Gasteiger charge is -2.28. The Morgan fingerprint density at radius 1 is 1.38 bits per heavy atom. The van der Waals surface area contributed by atoms with Crippen molar-refractivity contribution in [2.75, 3.05) is 6.61 Å². The molecule has 1 fully saturated rings. The van der Waals surface area contributed by atoms with Gasteiger partial charge in [-0.2, -0.15) is 0 Å². The lowest BCUT2D eigenvalue weighted by atomic mass is 9.92. The van der Waals surface area contributed by atoms with Crippen molar-refractivity contribution in [3.05, 3.63) is 0 Å². The van der Waals surface area contributed by atoms with Crippen LogP contribution in [0.15, 0.2) is 0 Å². The average molecular weight is 229 g/mol. The molecule has 92 valence electrons. The Morgan fingerprint density at radius 3 is 2.69 bits per heavy atom. The number of esters is 1. The second-order valence-electron chi connectivity index (χ2n) is 4.01. The number of rotatable bonds is 4. The Balaban J connectivity index is 2.30. The Morgan fingerprint density at radius 2 is 2.06 bits per heavy atom. The number of carbonyl (C=O) groups is 2. The van der Waals surface area contributed by atoms with Crippen molar-refractivity contribution in [2.45, 2.75) is 51.2 Å². The fourth-order valence-electron chi connectivity index (χ4n) is 1.88. The van der Waals surface area contributed by atoms with E-state index < -0.39 is 12.1 Å². The van der Waals surface area contributed by atoms with Crippen LogP contribution in [0.5, 0.6) is 0 Å². The van der Waals surface area contributed by atoms with Crippen LogP contribution in [0.1, 0.15) is 39.0 Å². The quantitative estimate of drug-likeness (QED) is 0.539. The number of nitrogens with one attached hydrogen (secondary N) is 1. The summed E-state index contributed by atoms with van der Waals surface area (Å²) < 4.78 is 4.67. The molecule has 0 bridgehead atoms. The lowest BCUT2D eigenvalue weighted by Crippen LogP contribution is -2.45. The van der Waals surface area contributed by atoms with Crippen LogP contribution in [0.3, 0.4) is 0 Å². The third-order valence-corrected chi connectivity index (χ3v) is 2.69. The monoisotopic (exact) mass is 229 g/mol. The van der Waals surface area contributed by atoms with Gasteiger partial charge in [-0.15, -0.1) is 0 Å². The first-order chi connectivity index (χ1) is 7.63. The van der Waals surface area contributed by atoms with E-state index in [1.165, 1.54) is 0 Å². The van der Waals surface area contributed by atoms with Crippen LogP contribution >= 0.6 is 0 Å². The minimum absolute atomic E-state index is 0.212. The molecular formula is C11H19NO4. The molecule has 0 spiro atoms. The maximum Gasteiger partial charge on any atom is 0.315 e. The van der Waals surface area contributed by atoms with Crippen LogP contribution in [-0.2, 0) is 14.3 Å².